The monoisotopic (exact) mass is 233 g/mol. The van der Waals surface area contributed by atoms with E-state index in [0.29, 0.717) is 17.9 Å². The molecular formula is C7H15N5O2S. The lowest BCUT2D eigenvalue weighted by molar-refractivity contribution is 0.586. The van der Waals surface area contributed by atoms with Crippen LogP contribution in [0.2, 0.25) is 0 Å². The molecular weight excluding hydrogens is 218 g/mol. The van der Waals surface area contributed by atoms with Crippen LogP contribution in [0, 0.1) is 6.92 Å². The van der Waals surface area contributed by atoms with Gasteiger partial charge in [-0.3, -0.25) is 9.82 Å². The molecule has 0 aromatic carbocycles. The number of hydrogen-bond donors (Lipinski definition) is 4. The highest BCUT2D eigenvalue weighted by Crippen LogP contribution is 2.18. The van der Waals surface area contributed by atoms with Crippen molar-refractivity contribution in [2.45, 2.75) is 20.3 Å². The first kappa shape index (κ1) is 11.8. The molecule has 0 saturated heterocycles. The zero-order valence-electron chi connectivity index (χ0n) is 8.66. The lowest BCUT2D eigenvalue weighted by atomic mass is 10.4. The van der Waals surface area contributed by atoms with Gasteiger partial charge in [-0.15, -0.1) is 0 Å². The Labute approximate surface area is 88.6 Å². The number of aryl methyl sites for hydroxylation is 1. The lowest BCUT2D eigenvalue weighted by Crippen LogP contribution is -2.31. The number of nitrogens with zero attached hydrogens (tertiary/aromatic N) is 1. The third-order valence-corrected chi connectivity index (χ3v) is 2.81. The minimum atomic E-state index is -3.57. The molecule has 0 fully saturated rings. The van der Waals surface area contributed by atoms with Crippen LogP contribution in [0.25, 0.3) is 0 Å². The molecule has 0 radical (unpaired) electrons. The van der Waals surface area contributed by atoms with Crippen LogP contribution in [0.4, 0.5) is 11.5 Å². The van der Waals surface area contributed by atoms with Gasteiger partial charge in [0.15, 0.2) is 5.82 Å². The van der Waals surface area contributed by atoms with Crippen molar-refractivity contribution in [1.82, 2.24) is 14.9 Å². The van der Waals surface area contributed by atoms with Gasteiger partial charge in [-0.25, -0.2) is 0 Å². The van der Waals surface area contributed by atoms with E-state index in [2.05, 4.69) is 19.6 Å². The molecule has 0 spiro atoms. The van der Waals surface area contributed by atoms with Gasteiger partial charge in [-0.2, -0.15) is 18.2 Å². The normalized spacial score (nSPS) is 11.6. The molecule has 0 saturated carbocycles. The van der Waals surface area contributed by atoms with Crippen LogP contribution < -0.4 is 15.2 Å². The molecule has 0 aliphatic carbocycles. The Hall–Kier alpha value is -1.28. The number of hydrogen-bond acceptors (Lipinski definition) is 4. The first-order valence-corrected chi connectivity index (χ1v) is 6.02. The van der Waals surface area contributed by atoms with E-state index in [1.54, 1.807) is 6.92 Å². The van der Waals surface area contributed by atoms with Crippen molar-refractivity contribution in [3.63, 3.8) is 0 Å². The smallest absolute Gasteiger partial charge is 0.300 e. The molecule has 1 aromatic heterocycles. The maximum atomic E-state index is 11.4. The fourth-order valence-corrected chi connectivity index (χ4v) is 1.87. The Balaban J connectivity index is 2.73. The van der Waals surface area contributed by atoms with Crippen LogP contribution in [0.3, 0.4) is 0 Å². The van der Waals surface area contributed by atoms with E-state index < -0.39 is 10.2 Å². The predicted molar refractivity (Wildman–Crippen MR) is 58.6 cm³/mol. The molecule has 0 amide bonds. The highest BCUT2D eigenvalue weighted by Gasteiger charge is 2.13. The van der Waals surface area contributed by atoms with Crippen molar-refractivity contribution in [3.05, 3.63) is 5.69 Å². The summed E-state index contributed by atoms with van der Waals surface area (Å²) in [5.74, 6) is 0.121. The van der Waals surface area contributed by atoms with E-state index in [4.69, 9.17) is 5.73 Å². The van der Waals surface area contributed by atoms with Gasteiger partial charge < -0.3 is 5.73 Å². The molecule has 1 heterocycles. The second-order valence-electron chi connectivity index (χ2n) is 3.11. The topological polar surface area (TPSA) is 113 Å². The van der Waals surface area contributed by atoms with Crippen LogP contribution in [0.15, 0.2) is 0 Å². The summed E-state index contributed by atoms with van der Waals surface area (Å²) in [5, 5.41) is 6.31. The van der Waals surface area contributed by atoms with E-state index in [9.17, 15) is 8.42 Å². The lowest BCUT2D eigenvalue weighted by Gasteiger charge is -2.06. The minimum Gasteiger partial charge on any atom is -0.394 e. The number of H-pyrrole nitrogens is 1. The second kappa shape index (κ2) is 4.49. The van der Waals surface area contributed by atoms with E-state index >= 15 is 0 Å². The number of rotatable bonds is 5. The Morgan fingerprint density at radius 1 is 1.53 bits per heavy atom. The van der Waals surface area contributed by atoms with Gasteiger partial charge in [0.05, 0.1) is 11.4 Å². The highest BCUT2D eigenvalue weighted by molar-refractivity contribution is 7.90. The maximum Gasteiger partial charge on any atom is 0.300 e. The van der Waals surface area contributed by atoms with Crippen molar-refractivity contribution in [2.75, 3.05) is 17.0 Å². The van der Waals surface area contributed by atoms with E-state index in [1.165, 1.54) is 0 Å². The van der Waals surface area contributed by atoms with Crippen LogP contribution in [0.1, 0.15) is 19.0 Å². The Kier molecular flexibility index (Phi) is 3.53. The molecule has 7 nitrogen and oxygen atoms in total. The summed E-state index contributed by atoms with van der Waals surface area (Å²) < 4.78 is 27.4. The van der Waals surface area contributed by atoms with Crippen LogP contribution >= 0.6 is 0 Å². The summed E-state index contributed by atoms with van der Waals surface area (Å²) in [6.45, 7) is 3.95. The van der Waals surface area contributed by atoms with E-state index in [0.717, 1.165) is 6.42 Å². The zero-order chi connectivity index (χ0) is 11.5. The summed E-state index contributed by atoms with van der Waals surface area (Å²) >= 11 is 0. The molecule has 1 aromatic rings. The molecule has 86 valence electrons. The third kappa shape index (κ3) is 3.10. The molecule has 5 N–H and O–H groups in total. The predicted octanol–water partition coefficient (Wildman–Crippen LogP) is -0.0434. The number of nitrogens with two attached hydrogens (primary N) is 1. The number of nitrogens with one attached hydrogen (secondary N) is 3. The zero-order valence-corrected chi connectivity index (χ0v) is 9.48. The van der Waals surface area contributed by atoms with Gasteiger partial charge in [-0.05, 0) is 13.3 Å². The largest absolute Gasteiger partial charge is 0.394 e. The Bertz CT molecular complexity index is 425. The molecule has 8 heteroatoms. The fourth-order valence-electron chi connectivity index (χ4n) is 0.915. The van der Waals surface area contributed by atoms with Gasteiger partial charge in [0.1, 0.15) is 0 Å². The van der Waals surface area contributed by atoms with Crippen LogP contribution in [0.5, 0.6) is 0 Å². The standard InChI is InChI=1S/C7H15N5O2S/c1-3-4-9-15(13,14)12-7-6(8)5(2)10-11-7/h9H,3-4,8H2,1-2H3,(H2,10,11,12). The SMILES string of the molecule is CCCNS(=O)(=O)Nc1n[nH]c(C)c1N. The molecule has 0 aliphatic heterocycles. The number of anilines is 2. The Morgan fingerprint density at radius 2 is 2.20 bits per heavy atom. The molecule has 0 unspecified atom stereocenters. The summed E-state index contributed by atoms with van der Waals surface area (Å²) in [4.78, 5) is 0. The number of aromatic amines is 1. The van der Waals surface area contributed by atoms with E-state index in [-0.39, 0.29) is 5.82 Å². The number of nitrogen functional groups attached to an aromatic ring is 1. The van der Waals surface area contributed by atoms with Gasteiger partial charge in [0, 0.05) is 6.54 Å². The maximum absolute atomic E-state index is 11.4. The second-order valence-corrected chi connectivity index (χ2v) is 4.61. The van der Waals surface area contributed by atoms with Crippen molar-refractivity contribution < 1.29 is 8.42 Å². The van der Waals surface area contributed by atoms with Crippen molar-refractivity contribution in [1.29, 1.82) is 0 Å². The third-order valence-electron chi connectivity index (χ3n) is 1.77. The summed E-state index contributed by atoms with van der Waals surface area (Å²) in [7, 11) is -3.57. The van der Waals surface area contributed by atoms with Gasteiger partial charge in [0.25, 0.3) is 10.2 Å². The van der Waals surface area contributed by atoms with Crippen LogP contribution in [-0.4, -0.2) is 25.2 Å². The van der Waals surface area contributed by atoms with Crippen molar-refractivity contribution in [2.24, 2.45) is 0 Å². The van der Waals surface area contributed by atoms with Gasteiger partial charge in [0.2, 0.25) is 0 Å². The average Bonchev–Trinajstić information content (AvgIpc) is 2.46. The van der Waals surface area contributed by atoms with Crippen molar-refractivity contribution in [3.8, 4) is 0 Å². The van der Waals surface area contributed by atoms with E-state index in [1.807, 2.05) is 6.92 Å². The number of aromatic nitrogens is 2. The Morgan fingerprint density at radius 3 is 2.67 bits per heavy atom. The minimum absolute atomic E-state index is 0.121. The first-order chi connectivity index (χ1) is 6.96. The highest BCUT2D eigenvalue weighted by atomic mass is 32.2. The summed E-state index contributed by atoms with van der Waals surface area (Å²) in [6.07, 6.45) is 0.718. The molecule has 0 aliphatic rings. The van der Waals surface area contributed by atoms with Gasteiger partial charge in [-0.1, -0.05) is 6.92 Å². The first-order valence-electron chi connectivity index (χ1n) is 4.54. The quantitative estimate of drug-likeness (QED) is 0.571. The van der Waals surface area contributed by atoms with Crippen molar-refractivity contribution >= 4 is 21.7 Å². The molecule has 1 rings (SSSR count). The summed E-state index contributed by atoms with van der Waals surface area (Å²) in [5.41, 5.74) is 6.52. The average molecular weight is 233 g/mol. The fraction of sp³-hybridized carbons (Fsp3) is 0.571. The summed E-state index contributed by atoms with van der Waals surface area (Å²) in [6, 6.07) is 0. The molecule has 0 atom stereocenters. The van der Waals surface area contributed by atoms with Gasteiger partial charge >= 0.3 is 0 Å². The molecule has 0 bridgehead atoms. The molecule has 15 heavy (non-hydrogen) atoms. The van der Waals surface area contributed by atoms with Crippen LogP contribution in [-0.2, 0) is 10.2 Å².